The van der Waals surface area contributed by atoms with Gasteiger partial charge in [-0.05, 0) is 62.5 Å². The Balaban J connectivity index is 1.37. The van der Waals surface area contributed by atoms with Crippen LogP contribution in [0.4, 0.5) is 5.69 Å². The zero-order valence-corrected chi connectivity index (χ0v) is 15.1. The van der Waals surface area contributed by atoms with Gasteiger partial charge in [0.15, 0.2) is 0 Å². The van der Waals surface area contributed by atoms with Crippen molar-refractivity contribution in [2.24, 2.45) is 0 Å². The van der Waals surface area contributed by atoms with Gasteiger partial charge >= 0.3 is 0 Å². The molecule has 1 fully saturated rings. The van der Waals surface area contributed by atoms with E-state index < -0.39 is 0 Å². The molecule has 2 aromatic rings. The molecule has 0 bridgehead atoms. The molecule has 3 rings (SSSR count). The van der Waals surface area contributed by atoms with Crippen molar-refractivity contribution >= 4 is 5.69 Å². The molecule has 1 saturated heterocycles. The second kappa shape index (κ2) is 9.37. The molecule has 5 nitrogen and oxygen atoms in total. The van der Waals surface area contributed by atoms with Gasteiger partial charge in [0, 0.05) is 24.8 Å². The number of rotatable bonds is 8. The Morgan fingerprint density at radius 2 is 1.80 bits per heavy atom. The number of likely N-dealkylation sites (tertiary alicyclic amines) is 1. The number of nitrogens with zero attached hydrogens (tertiary/aromatic N) is 3. The van der Waals surface area contributed by atoms with Crippen molar-refractivity contribution in [2.45, 2.75) is 38.6 Å². The van der Waals surface area contributed by atoms with E-state index in [1.807, 2.05) is 12.1 Å². The second-order valence-corrected chi connectivity index (χ2v) is 6.63. The highest BCUT2D eigenvalue weighted by Crippen LogP contribution is 2.15. The standard InChI is InChI=1S/C20H28N4O/c1-25-20-12-11-19(22-23-20)6-5-13-21-18-9-7-17(8-10-18)16-24-14-3-2-4-15-24/h7-12,21H,2-6,13-16H2,1H3. The first-order valence-corrected chi connectivity index (χ1v) is 9.25. The molecule has 5 heteroatoms. The molecule has 1 aromatic heterocycles. The van der Waals surface area contributed by atoms with E-state index in [0.717, 1.165) is 31.6 Å². The lowest BCUT2D eigenvalue weighted by molar-refractivity contribution is 0.221. The number of ether oxygens (including phenoxy) is 1. The molecule has 0 aliphatic carbocycles. The highest BCUT2D eigenvalue weighted by atomic mass is 16.5. The topological polar surface area (TPSA) is 50.3 Å². The van der Waals surface area contributed by atoms with E-state index in [4.69, 9.17) is 4.74 Å². The number of benzene rings is 1. The van der Waals surface area contributed by atoms with Gasteiger partial charge in [-0.1, -0.05) is 18.6 Å². The molecule has 1 aliphatic rings. The summed E-state index contributed by atoms with van der Waals surface area (Å²) in [7, 11) is 1.60. The molecule has 1 N–H and O–H groups in total. The number of aryl methyl sites for hydroxylation is 1. The summed E-state index contributed by atoms with van der Waals surface area (Å²) < 4.78 is 5.02. The van der Waals surface area contributed by atoms with Crippen molar-refractivity contribution in [2.75, 3.05) is 32.1 Å². The number of aromatic nitrogens is 2. The van der Waals surface area contributed by atoms with Gasteiger partial charge in [0.1, 0.15) is 0 Å². The van der Waals surface area contributed by atoms with Gasteiger partial charge in [0.25, 0.3) is 0 Å². The maximum atomic E-state index is 5.02. The Morgan fingerprint density at radius 1 is 1.00 bits per heavy atom. The molecule has 0 unspecified atom stereocenters. The quantitative estimate of drug-likeness (QED) is 0.745. The molecule has 1 aliphatic heterocycles. The van der Waals surface area contributed by atoms with Gasteiger partial charge in [-0.15, -0.1) is 5.10 Å². The Kier molecular flexibility index (Phi) is 6.63. The monoisotopic (exact) mass is 340 g/mol. The van der Waals surface area contributed by atoms with Gasteiger partial charge in [-0.3, -0.25) is 4.90 Å². The van der Waals surface area contributed by atoms with Crippen molar-refractivity contribution in [3.8, 4) is 5.88 Å². The van der Waals surface area contributed by atoms with Crippen molar-refractivity contribution in [3.63, 3.8) is 0 Å². The zero-order chi connectivity index (χ0) is 17.3. The van der Waals surface area contributed by atoms with Gasteiger partial charge in [-0.2, -0.15) is 5.10 Å². The predicted molar refractivity (Wildman–Crippen MR) is 101 cm³/mol. The van der Waals surface area contributed by atoms with Crippen LogP contribution in [0.25, 0.3) is 0 Å². The highest BCUT2D eigenvalue weighted by molar-refractivity contribution is 5.44. The van der Waals surface area contributed by atoms with E-state index in [0.29, 0.717) is 5.88 Å². The van der Waals surface area contributed by atoms with Crippen LogP contribution in [0.1, 0.15) is 36.9 Å². The second-order valence-electron chi connectivity index (χ2n) is 6.63. The van der Waals surface area contributed by atoms with Crippen LogP contribution < -0.4 is 10.1 Å². The fourth-order valence-corrected chi connectivity index (χ4v) is 3.20. The average Bonchev–Trinajstić information content (AvgIpc) is 2.68. The van der Waals surface area contributed by atoms with E-state index in [2.05, 4.69) is 44.7 Å². The van der Waals surface area contributed by atoms with Gasteiger partial charge in [0.05, 0.1) is 12.8 Å². The minimum absolute atomic E-state index is 0.562. The van der Waals surface area contributed by atoms with Crippen LogP contribution in [0.3, 0.4) is 0 Å². The summed E-state index contributed by atoms with van der Waals surface area (Å²) in [4.78, 5) is 2.56. The van der Waals surface area contributed by atoms with Gasteiger partial charge < -0.3 is 10.1 Å². The lowest BCUT2D eigenvalue weighted by Gasteiger charge is -2.26. The summed E-state index contributed by atoms with van der Waals surface area (Å²) in [5.74, 6) is 0.562. The van der Waals surface area contributed by atoms with Gasteiger partial charge in [0.2, 0.25) is 5.88 Å². The Labute approximate surface area is 150 Å². The van der Waals surface area contributed by atoms with Crippen molar-refractivity contribution in [3.05, 3.63) is 47.7 Å². The molecular weight excluding hydrogens is 312 g/mol. The fraction of sp³-hybridized carbons (Fsp3) is 0.500. The van der Waals surface area contributed by atoms with Crippen LogP contribution in [-0.2, 0) is 13.0 Å². The molecule has 25 heavy (non-hydrogen) atoms. The third-order valence-electron chi connectivity index (χ3n) is 4.65. The summed E-state index contributed by atoms with van der Waals surface area (Å²) in [5, 5.41) is 11.6. The van der Waals surface area contributed by atoms with Crippen LogP contribution >= 0.6 is 0 Å². The molecule has 0 radical (unpaired) electrons. The molecule has 2 heterocycles. The Bertz CT molecular complexity index is 621. The lowest BCUT2D eigenvalue weighted by atomic mass is 10.1. The molecule has 0 amide bonds. The summed E-state index contributed by atoms with van der Waals surface area (Å²) in [6.45, 7) is 4.50. The first-order valence-electron chi connectivity index (χ1n) is 9.25. The van der Waals surface area contributed by atoms with Crippen LogP contribution in [-0.4, -0.2) is 41.8 Å². The summed E-state index contributed by atoms with van der Waals surface area (Å²) in [6, 6.07) is 12.7. The first kappa shape index (κ1) is 17.7. The molecule has 1 aromatic carbocycles. The van der Waals surface area contributed by atoms with E-state index in [1.54, 1.807) is 7.11 Å². The first-order chi connectivity index (χ1) is 12.3. The largest absolute Gasteiger partial charge is 0.480 e. The number of anilines is 1. The molecule has 0 saturated carbocycles. The SMILES string of the molecule is COc1ccc(CCCNc2ccc(CN3CCCCC3)cc2)nn1. The molecular formula is C20H28N4O. The highest BCUT2D eigenvalue weighted by Gasteiger charge is 2.10. The van der Waals surface area contributed by atoms with Crippen molar-refractivity contribution in [1.29, 1.82) is 0 Å². The predicted octanol–water partition coefficient (Wildman–Crippen LogP) is 3.52. The normalized spacial score (nSPS) is 15.1. The number of hydrogen-bond acceptors (Lipinski definition) is 5. The van der Waals surface area contributed by atoms with Crippen LogP contribution in [0.5, 0.6) is 5.88 Å². The van der Waals surface area contributed by atoms with E-state index in [9.17, 15) is 0 Å². The minimum Gasteiger partial charge on any atom is -0.480 e. The third kappa shape index (κ3) is 5.71. The molecule has 134 valence electrons. The average molecular weight is 340 g/mol. The third-order valence-corrected chi connectivity index (χ3v) is 4.65. The fourth-order valence-electron chi connectivity index (χ4n) is 3.20. The maximum Gasteiger partial charge on any atom is 0.233 e. The number of hydrogen-bond donors (Lipinski definition) is 1. The van der Waals surface area contributed by atoms with E-state index in [-0.39, 0.29) is 0 Å². The number of piperidine rings is 1. The van der Waals surface area contributed by atoms with Crippen LogP contribution in [0.15, 0.2) is 36.4 Å². The lowest BCUT2D eigenvalue weighted by Crippen LogP contribution is -2.29. The maximum absolute atomic E-state index is 5.02. The number of methoxy groups -OCH3 is 1. The molecule has 0 atom stereocenters. The minimum atomic E-state index is 0.562. The smallest absolute Gasteiger partial charge is 0.233 e. The zero-order valence-electron chi connectivity index (χ0n) is 15.1. The number of nitrogens with one attached hydrogen (secondary N) is 1. The van der Waals surface area contributed by atoms with Crippen LogP contribution in [0, 0.1) is 0 Å². The Hall–Kier alpha value is -2.14. The summed E-state index contributed by atoms with van der Waals surface area (Å²) in [6.07, 6.45) is 6.02. The Morgan fingerprint density at radius 3 is 2.48 bits per heavy atom. The van der Waals surface area contributed by atoms with E-state index >= 15 is 0 Å². The molecule has 0 spiro atoms. The van der Waals surface area contributed by atoms with Crippen molar-refractivity contribution in [1.82, 2.24) is 15.1 Å². The van der Waals surface area contributed by atoms with Crippen molar-refractivity contribution < 1.29 is 4.74 Å². The summed E-state index contributed by atoms with van der Waals surface area (Å²) >= 11 is 0. The van der Waals surface area contributed by atoms with Crippen LogP contribution in [0.2, 0.25) is 0 Å². The summed E-state index contributed by atoms with van der Waals surface area (Å²) in [5.41, 5.74) is 3.59. The van der Waals surface area contributed by atoms with Gasteiger partial charge in [-0.25, -0.2) is 0 Å². The van der Waals surface area contributed by atoms with E-state index in [1.165, 1.54) is 43.6 Å².